The van der Waals surface area contributed by atoms with Crippen molar-refractivity contribution in [2.75, 3.05) is 26.2 Å². The molecule has 1 N–H and O–H groups in total. The molecule has 6 heteroatoms. The lowest BCUT2D eigenvalue weighted by atomic mass is 10.0. The number of halogens is 2. The van der Waals surface area contributed by atoms with Crippen LogP contribution in [0.25, 0.3) is 0 Å². The molecule has 0 aliphatic carbocycles. The molecule has 0 unspecified atom stereocenters. The largest absolute Gasteiger partial charge is 0.376 e. The Labute approximate surface area is 148 Å². The topological polar surface area (TPSA) is 41.6 Å². The third-order valence-corrected chi connectivity index (χ3v) is 4.46. The predicted molar refractivity (Wildman–Crippen MR) is 93.6 cm³/mol. The summed E-state index contributed by atoms with van der Waals surface area (Å²) < 4.78 is 20.0. The van der Waals surface area contributed by atoms with Gasteiger partial charge in [0, 0.05) is 36.6 Å². The maximum Gasteiger partial charge on any atom is 0.220 e. The molecule has 24 heavy (non-hydrogen) atoms. The number of hydrogen-bond acceptors (Lipinski definition) is 3. The number of amides is 1. The molecular formula is C18H26ClFN2O2. The second kappa shape index (κ2) is 8.79. The van der Waals surface area contributed by atoms with Gasteiger partial charge in [0.1, 0.15) is 5.82 Å². The molecule has 2 rings (SSSR count). The Morgan fingerprint density at radius 2 is 2.25 bits per heavy atom. The van der Waals surface area contributed by atoms with Crippen LogP contribution in [0.1, 0.15) is 38.8 Å². The van der Waals surface area contributed by atoms with Crippen molar-refractivity contribution >= 4 is 17.5 Å². The molecular weight excluding hydrogens is 331 g/mol. The van der Waals surface area contributed by atoms with Gasteiger partial charge in [-0.3, -0.25) is 9.69 Å². The van der Waals surface area contributed by atoms with Gasteiger partial charge in [0.05, 0.1) is 18.8 Å². The summed E-state index contributed by atoms with van der Waals surface area (Å²) in [6.07, 6.45) is 0.523. The fourth-order valence-electron chi connectivity index (χ4n) is 3.02. The van der Waals surface area contributed by atoms with Gasteiger partial charge in [0.15, 0.2) is 0 Å². The molecule has 1 aliphatic heterocycles. The van der Waals surface area contributed by atoms with Crippen LogP contribution >= 0.6 is 11.6 Å². The fourth-order valence-corrected chi connectivity index (χ4v) is 3.31. The van der Waals surface area contributed by atoms with Crippen LogP contribution in [0.3, 0.4) is 0 Å². The smallest absolute Gasteiger partial charge is 0.220 e. The first kappa shape index (κ1) is 19.2. The third kappa shape index (κ3) is 5.16. The molecule has 1 saturated heterocycles. The van der Waals surface area contributed by atoms with Gasteiger partial charge in [-0.25, -0.2) is 4.39 Å². The Balaban J connectivity index is 2.19. The zero-order valence-electron chi connectivity index (χ0n) is 14.5. The molecule has 1 fully saturated rings. The van der Waals surface area contributed by atoms with Crippen LogP contribution in [-0.4, -0.2) is 43.2 Å². The number of benzene rings is 1. The highest BCUT2D eigenvalue weighted by atomic mass is 35.5. The second-order valence-electron chi connectivity index (χ2n) is 6.73. The predicted octanol–water partition coefficient (Wildman–Crippen LogP) is 3.40. The molecule has 0 spiro atoms. The summed E-state index contributed by atoms with van der Waals surface area (Å²) in [5.41, 5.74) is 0.443. The zero-order chi connectivity index (χ0) is 17.7. The van der Waals surface area contributed by atoms with Crippen LogP contribution in [0.4, 0.5) is 4.39 Å². The van der Waals surface area contributed by atoms with Crippen LogP contribution < -0.4 is 5.32 Å². The first-order chi connectivity index (χ1) is 11.4. The van der Waals surface area contributed by atoms with Crippen molar-refractivity contribution in [3.8, 4) is 0 Å². The summed E-state index contributed by atoms with van der Waals surface area (Å²) in [5, 5.41) is 3.32. The van der Waals surface area contributed by atoms with Gasteiger partial charge in [-0.1, -0.05) is 31.5 Å². The van der Waals surface area contributed by atoms with Crippen molar-refractivity contribution in [1.29, 1.82) is 0 Å². The molecule has 1 heterocycles. The van der Waals surface area contributed by atoms with E-state index in [1.807, 2.05) is 20.8 Å². The average Bonchev–Trinajstić information content (AvgIpc) is 2.49. The van der Waals surface area contributed by atoms with Crippen LogP contribution in [0.5, 0.6) is 0 Å². The van der Waals surface area contributed by atoms with E-state index in [-0.39, 0.29) is 29.8 Å². The van der Waals surface area contributed by atoms with Crippen molar-refractivity contribution in [3.05, 3.63) is 34.6 Å². The lowest BCUT2D eigenvalue weighted by Crippen LogP contribution is -2.47. The fraction of sp³-hybridized carbons (Fsp3) is 0.611. The molecule has 1 aliphatic rings. The summed E-state index contributed by atoms with van der Waals surface area (Å²) in [5.74, 6) is -0.0857. The monoisotopic (exact) mass is 356 g/mol. The molecule has 1 aromatic rings. The van der Waals surface area contributed by atoms with E-state index in [1.165, 1.54) is 6.07 Å². The number of carbonyl (C=O) groups is 1. The van der Waals surface area contributed by atoms with Gasteiger partial charge in [-0.15, -0.1) is 0 Å². The van der Waals surface area contributed by atoms with E-state index in [1.54, 1.807) is 12.1 Å². The molecule has 4 nitrogen and oxygen atoms in total. The minimum absolute atomic E-state index is 0.0243. The van der Waals surface area contributed by atoms with E-state index in [2.05, 4.69) is 10.2 Å². The van der Waals surface area contributed by atoms with Crippen molar-refractivity contribution in [1.82, 2.24) is 10.2 Å². The van der Waals surface area contributed by atoms with E-state index in [0.717, 1.165) is 0 Å². The highest BCUT2D eigenvalue weighted by Gasteiger charge is 2.29. The van der Waals surface area contributed by atoms with Crippen molar-refractivity contribution in [2.45, 2.75) is 39.3 Å². The molecule has 1 aromatic carbocycles. The summed E-state index contributed by atoms with van der Waals surface area (Å²) in [4.78, 5) is 14.2. The van der Waals surface area contributed by atoms with Crippen molar-refractivity contribution in [2.24, 2.45) is 5.92 Å². The minimum atomic E-state index is -0.343. The molecule has 1 amide bonds. The Kier molecular flexibility index (Phi) is 7.02. The number of ether oxygens (including phenoxy) is 1. The molecule has 0 saturated carbocycles. The molecule has 0 radical (unpaired) electrons. The van der Waals surface area contributed by atoms with Gasteiger partial charge < -0.3 is 10.1 Å². The normalized spacial score (nSPS) is 20.2. The molecule has 2 atom stereocenters. The lowest BCUT2D eigenvalue weighted by molar-refractivity contribution is -0.122. The lowest BCUT2D eigenvalue weighted by Gasteiger charge is -2.38. The summed E-state index contributed by atoms with van der Waals surface area (Å²) in [7, 11) is 0. The van der Waals surface area contributed by atoms with E-state index in [0.29, 0.717) is 43.2 Å². The van der Waals surface area contributed by atoms with E-state index >= 15 is 0 Å². The summed E-state index contributed by atoms with van der Waals surface area (Å²) >= 11 is 6.27. The van der Waals surface area contributed by atoms with Crippen molar-refractivity contribution < 1.29 is 13.9 Å². The number of hydrogen-bond donors (Lipinski definition) is 1. The number of carbonyl (C=O) groups excluding carboxylic acids is 1. The van der Waals surface area contributed by atoms with Gasteiger partial charge >= 0.3 is 0 Å². The van der Waals surface area contributed by atoms with Gasteiger partial charge in [-0.05, 0) is 25.0 Å². The molecule has 134 valence electrons. The highest BCUT2D eigenvalue weighted by molar-refractivity contribution is 6.31. The van der Waals surface area contributed by atoms with Gasteiger partial charge in [-0.2, -0.15) is 0 Å². The quantitative estimate of drug-likeness (QED) is 0.849. The van der Waals surface area contributed by atoms with E-state index in [4.69, 9.17) is 16.3 Å². The van der Waals surface area contributed by atoms with Gasteiger partial charge in [0.25, 0.3) is 0 Å². The highest BCUT2D eigenvalue weighted by Crippen LogP contribution is 2.31. The van der Waals surface area contributed by atoms with Crippen LogP contribution in [0, 0.1) is 11.7 Å². The minimum Gasteiger partial charge on any atom is -0.376 e. The van der Waals surface area contributed by atoms with Crippen LogP contribution in [-0.2, 0) is 9.53 Å². The van der Waals surface area contributed by atoms with Gasteiger partial charge in [0.2, 0.25) is 5.91 Å². The van der Waals surface area contributed by atoms with E-state index in [9.17, 15) is 9.18 Å². The second-order valence-corrected chi connectivity index (χ2v) is 7.14. The molecule has 0 aromatic heterocycles. The SMILES string of the molecule is CC(C)CC(=O)NC[C@@H](c1c(F)cccc1Cl)N1CCO[C@H](C)C1. The number of morpholine rings is 1. The number of nitrogens with one attached hydrogen (secondary N) is 1. The van der Waals surface area contributed by atoms with Crippen molar-refractivity contribution in [3.63, 3.8) is 0 Å². The first-order valence-electron chi connectivity index (χ1n) is 8.44. The Hall–Kier alpha value is -1.17. The third-order valence-electron chi connectivity index (χ3n) is 4.13. The maximum absolute atomic E-state index is 14.4. The van der Waals surface area contributed by atoms with E-state index < -0.39 is 0 Å². The Morgan fingerprint density at radius 3 is 2.88 bits per heavy atom. The summed E-state index contributed by atoms with van der Waals surface area (Å²) in [6, 6.07) is 4.39. The number of rotatable bonds is 6. The first-order valence-corrected chi connectivity index (χ1v) is 8.82. The number of nitrogens with zero attached hydrogens (tertiary/aromatic N) is 1. The maximum atomic E-state index is 14.4. The standard InChI is InChI=1S/C18H26ClFN2O2/c1-12(2)9-17(23)21-10-16(22-7-8-24-13(3)11-22)18-14(19)5-4-6-15(18)20/h4-6,12-13,16H,7-11H2,1-3H3,(H,21,23)/t13-,16+/m1/s1. The van der Waals surface area contributed by atoms with Crippen LogP contribution in [0.2, 0.25) is 5.02 Å². The Morgan fingerprint density at radius 1 is 1.50 bits per heavy atom. The zero-order valence-corrected chi connectivity index (χ0v) is 15.3. The molecule has 0 bridgehead atoms. The average molecular weight is 357 g/mol. The Bertz CT molecular complexity index is 548. The summed E-state index contributed by atoms with van der Waals surface area (Å²) in [6.45, 7) is 8.25. The van der Waals surface area contributed by atoms with Crippen LogP contribution in [0.15, 0.2) is 18.2 Å².